The van der Waals surface area contributed by atoms with Crippen molar-refractivity contribution in [1.29, 1.82) is 5.41 Å². The lowest BCUT2D eigenvalue weighted by atomic mass is 9.99. The molecule has 0 unspecified atom stereocenters. The lowest BCUT2D eigenvalue weighted by Gasteiger charge is -2.15. The Balaban J connectivity index is 1.32. The van der Waals surface area contributed by atoms with E-state index in [0.29, 0.717) is 48.6 Å². The molecule has 1 fully saturated rings. The maximum Gasteiger partial charge on any atom is 0.306 e. The Morgan fingerprint density at radius 2 is 1.90 bits per heavy atom. The highest BCUT2D eigenvalue weighted by atomic mass is 16.5. The Morgan fingerprint density at radius 1 is 1.12 bits per heavy atom. The molecule has 5 rings (SSSR count). The zero-order chi connectivity index (χ0) is 28.2. The molecule has 0 spiro atoms. The van der Waals surface area contributed by atoms with E-state index < -0.39 is 0 Å². The second kappa shape index (κ2) is 11.7. The molecule has 0 amide bonds. The van der Waals surface area contributed by atoms with Crippen LogP contribution < -0.4 is 15.8 Å². The molecular weight excluding hydrogens is 506 g/mol. The molecule has 3 aromatic heterocycles. The lowest BCUT2D eigenvalue weighted by Crippen LogP contribution is -2.14. The number of benzene rings is 1. The summed E-state index contributed by atoms with van der Waals surface area (Å²) >= 11 is 0. The number of aromatic nitrogens is 4. The monoisotopic (exact) mass is 541 g/mol. The Labute approximate surface area is 233 Å². The minimum Gasteiger partial charge on any atom is -0.471 e. The highest BCUT2D eigenvalue weighted by Gasteiger charge is 2.23. The van der Waals surface area contributed by atoms with Crippen molar-refractivity contribution in [3.8, 4) is 5.88 Å². The van der Waals surface area contributed by atoms with Gasteiger partial charge in [0.15, 0.2) is 0 Å². The summed E-state index contributed by atoms with van der Waals surface area (Å²) in [6.45, 7) is 6.87. The number of imidazole rings is 1. The molecule has 1 aromatic carbocycles. The number of nitrogens with two attached hydrogens (primary N) is 1. The summed E-state index contributed by atoms with van der Waals surface area (Å²) in [4.78, 5) is 25.8. The highest BCUT2D eigenvalue weighted by molar-refractivity contribution is 5.95. The van der Waals surface area contributed by atoms with E-state index in [1.807, 2.05) is 42.6 Å². The molecule has 4 N–H and O–H groups in total. The smallest absolute Gasteiger partial charge is 0.306 e. The van der Waals surface area contributed by atoms with Crippen LogP contribution in [0.3, 0.4) is 0 Å². The lowest BCUT2D eigenvalue weighted by molar-refractivity contribution is -0.143. The number of hydrogen-bond donors (Lipinski definition) is 3. The zero-order valence-corrected chi connectivity index (χ0v) is 23.2. The van der Waals surface area contributed by atoms with E-state index in [4.69, 9.17) is 20.6 Å². The van der Waals surface area contributed by atoms with Gasteiger partial charge in [0.2, 0.25) is 5.88 Å². The molecule has 0 saturated heterocycles. The van der Waals surface area contributed by atoms with Gasteiger partial charge in [0, 0.05) is 37.0 Å². The van der Waals surface area contributed by atoms with Gasteiger partial charge in [-0.2, -0.15) is 4.98 Å². The number of amidine groups is 1. The van der Waals surface area contributed by atoms with Gasteiger partial charge in [0.1, 0.15) is 29.7 Å². The van der Waals surface area contributed by atoms with Crippen LogP contribution in [-0.2, 0) is 29.1 Å². The Kier molecular flexibility index (Phi) is 7.95. The average molecular weight is 542 g/mol. The van der Waals surface area contributed by atoms with Crippen molar-refractivity contribution in [2.45, 2.75) is 65.5 Å². The van der Waals surface area contributed by atoms with Gasteiger partial charge in [-0.3, -0.25) is 10.2 Å². The number of anilines is 1. The van der Waals surface area contributed by atoms with Gasteiger partial charge in [0.25, 0.3) is 0 Å². The number of hydrogen-bond acceptors (Lipinski definition) is 8. The molecule has 40 heavy (non-hydrogen) atoms. The minimum atomic E-state index is -0.293. The summed E-state index contributed by atoms with van der Waals surface area (Å²) in [7, 11) is 0. The topological polar surface area (TPSA) is 141 Å². The summed E-state index contributed by atoms with van der Waals surface area (Å²) in [5.41, 5.74) is 12.6. The predicted molar refractivity (Wildman–Crippen MR) is 153 cm³/mol. The summed E-state index contributed by atoms with van der Waals surface area (Å²) in [6.07, 6.45) is 7.14. The number of esters is 1. The van der Waals surface area contributed by atoms with Crippen LogP contribution in [0.5, 0.6) is 5.88 Å². The first-order valence-corrected chi connectivity index (χ1v) is 13.6. The van der Waals surface area contributed by atoms with E-state index in [9.17, 15) is 4.79 Å². The van der Waals surface area contributed by atoms with Crippen LogP contribution in [0.1, 0.15) is 71.4 Å². The van der Waals surface area contributed by atoms with Gasteiger partial charge in [-0.05, 0) is 80.0 Å². The van der Waals surface area contributed by atoms with Crippen LogP contribution in [0.2, 0.25) is 0 Å². The molecule has 4 aromatic rings. The molecule has 10 nitrogen and oxygen atoms in total. The molecule has 0 bridgehead atoms. The van der Waals surface area contributed by atoms with E-state index in [0.717, 1.165) is 28.0 Å². The maximum absolute atomic E-state index is 12.0. The number of nitrogen functional groups attached to an aromatic ring is 1. The quantitative estimate of drug-likeness (QED) is 0.134. The number of ether oxygens (including phenoxy) is 2. The number of nitrogens with zero attached hydrogens (tertiary/aromatic N) is 4. The number of pyridine rings is 1. The van der Waals surface area contributed by atoms with Crippen molar-refractivity contribution in [2.24, 2.45) is 5.73 Å². The van der Waals surface area contributed by atoms with Crippen LogP contribution in [0.15, 0.2) is 42.7 Å². The molecule has 3 heterocycles. The molecule has 10 heteroatoms. The summed E-state index contributed by atoms with van der Waals surface area (Å²) in [5, 5.41) is 11.1. The van der Waals surface area contributed by atoms with E-state index >= 15 is 0 Å². The maximum atomic E-state index is 12.0. The van der Waals surface area contributed by atoms with Gasteiger partial charge in [-0.1, -0.05) is 6.07 Å². The number of carbonyl (C=O) groups is 1. The third kappa shape index (κ3) is 6.56. The largest absolute Gasteiger partial charge is 0.471 e. The fourth-order valence-corrected chi connectivity index (χ4v) is 4.74. The first-order valence-electron chi connectivity index (χ1n) is 13.6. The molecule has 208 valence electrons. The van der Waals surface area contributed by atoms with Crippen LogP contribution in [0.25, 0.3) is 5.65 Å². The van der Waals surface area contributed by atoms with Crippen molar-refractivity contribution in [3.05, 3.63) is 82.1 Å². The standard InChI is InChI=1S/C30H35N7O3/c1-4-39-29(38)10-8-25-35-26(33-14-24-18(2)11-22(30(31)32)12-19(24)3)13-28(36-25)40-17-23-16-37-15-21(20-5-6-20)7-9-27(37)34-23/h7,9,11-13,15-16,20H,4-6,8,10,14,17H2,1-3H3,(H3,31,32)(H,33,35,36). The fraction of sp³-hybridized carbons (Fsp3) is 0.367. The van der Waals surface area contributed by atoms with Crippen LogP contribution in [-0.4, -0.2) is 37.8 Å². The third-order valence-electron chi connectivity index (χ3n) is 7.00. The minimum absolute atomic E-state index is 0.0449. The van der Waals surface area contributed by atoms with E-state index in [-0.39, 0.29) is 24.8 Å². The second-order valence-electron chi connectivity index (χ2n) is 10.2. The van der Waals surface area contributed by atoms with E-state index in [1.165, 1.54) is 18.4 Å². The summed E-state index contributed by atoms with van der Waals surface area (Å²) < 4.78 is 13.2. The van der Waals surface area contributed by atoms with Gasteiger partial charge in [0.05, 0.1) is 18.7 Å². The summed E-state index contributed by atoms with van der Waals surface area (Å²) in [5.74, 6) is 1.89. The van der Waals surface area contributed by atoms with Crippen molar-refractivity contribution in [1.82, 2.24) is 19.4 Å². The number of rotatable bonds is 12. The average Bonchev–Trinajstić information content (AvgIpc) is 3.69. The SMILES string of the molecule is CCOC(=O)CCc1nc(NCc2c(C)cc(C(=N)N)cc2C)cc(OCc2cn3cc(C4CC4)ccc3n2)n1. The van der Waals surface area contributed by atoms with Crippen molar-refractivity contribution in [2.75, 3.05) is 11.9 Å². The van der Waals surface area contributed by atoms with Gasteiger partial charge in [-0.25, -0.2) is 9.97 Å². The first-order chi connectivity index (χ1) is 19.3. The Bertz CT molecular complexity index is 1540. The molecule has 0 atom stereocenters. The highest BCUT2D eigenvalue weighted by Crippen LogP contribution is 2.39. The molecule has 0 aliphatic heterocycles. The molecule has 0 radical (unpaired) electrons. The Morgan fingerprint density at radius 3 is 2.60 bits per heavy atom. The van der Waals surface area contributed by atoms with Gasteiger partial charge in [-0.15, -0.1) is 0 Å². The summed E-state index contributed by atoms with van der Waals surface area (Å²) in [6, 6.07) is 9.77. The first kappa shape index (κ1) is 27.1. The number of aryl methyl sites for hydroxylation is 3. The fourth-order valence-electron chi connectivity index (χ4n) is 4.74. The van der Waals surface area contributed by atoms with Crippen molar-refractivity contribution >= 4 is 23.3 Å². The molecule has 1 aliphatic carbocycles. The molecule has 1 aliphatic rings. The number of fused-ring (bicyclic) bond motifs is 1. The van der Waals surface area contributed by atoms with Gasteiger partial charge < -0.3 is 24.9 Å². The van der Waals surface area contributed by atoms with Crippen LogP contribution in [0.4, 0.5) is 5.82 Å². The zero-order valence-electron chi connectivity index (χ0n) is 23.2. The normalized spacial score (nSPS) is 12.9. The Hall–Kier alpha value is -4.47. The van der Waals surface area contributed by atoms with E-state index in [2.05, 4.69) is 32.5 Å². The van der Waals surface area contributed by atoms with Crippen molar-refractivity contribution < 1.29 is 14.3 Å². The third-order valence-corrected chi connectivity index (χ3v) is 7.00. The van der Waals surface area contributed by atoms with Gasteiger partial charge >= 0.3 is 5.97 Å². The molecular formula is C30H35N7O3. The number of carbonyl (C=O) groups excluding carboxylic acids is 1. The predicted octanol–water partition coefficient (Wildman–Crippen LogP) is 4.59. The van der Waals surface area contributed by atoms with Crippen LogP contribution in [0, 0.1) is 19.3 Å². The second-order valence-corrected chi connectivity index (χ2v) is 10.2. The van der Waals surface area contributed by atoms with E-state index in [1.54, 1.807) is 13.0 Å². The molecule has 1 saturated carbocycles. The number of nitrogens with one attached hydrogen (secondary N) is 2. The van der Waals surface area contributed by atoms with Crippen LogP contribution >= 0.6 is 0 Å². The van der Waals surface area contributed by atoms with Crippen molar-refractivity contribution in [3.63, 3.8) is 0 Å².